The molecule has 0 rings (SSSR count). The Labute approximate surface area is 180 Å². The van der Waals surface area contributed by atoms with E-state index in [1.807, 2.05) is 25.4 Å². The van der Waals surface area contributed by atoms with Gasteiger partial charge in [0.2, 0.25) is 17.7 Å². The van der Waals surface area contributed by atoms with Gasteiger partial charge >= 0.3 is 5.97 Å². The highest BCUT2D eigenvalue weighted by Crippen LogP contribution is 2.08. The van der Waals surface area contributed by atoms with Crippen LogP contribution >= 0.6 is 11.8 Å². The lowest BCUT2D eigenvalue weighted by molar-refractivity contribution is -0.144. The second kappa shape index (κ2) is 14.2. The summed E-state index contributed by atoms with van der Waals surface area (Å²) in [6.45, 7) is 4.09. The molecule has 0 radical (unpaired) electrons. The third kappa shape index (κ3) is 9.28. The van der Waals surface area contributed by atoms with Crippen molar-refractivity contribution in [3.05, 3.63) is 0 Å². The van der Waals surface area contributed by atoms with Gasteiger partial charge in [0.15, 0.2) is 0 Å². The Hall–Kier alpha value is -1.89. The highest BCUT2D eigenvalue weighted by molar-refractivity contribution is 7.98. The van der Waals surface area contributed by atoms with Gasteiger partial charge in [0.25, 0.3) is 0 Å². The molecule has 0 aromatic rings. The Bertz CT molecular complexity index is 591. The molecule has 0 heterocycles. The van der Waals surface area contributed by atoms with Crippen molar-refractivity contribution in [1.82, 2.24) is 16.0 Å². The van der Waals surface area contributed by atoms with Gasteiger partial charge in [-0.25, -0.2) is 4.79 Å². The number of aliphatic carboxylic acids is 1. The Morgan fingerprint density at radius 2 is 1.57 bits per heavy atom. The Balaban J connectivity index is 5.33. The van der Waals surface area contributed by atoms with Crippen LogP contribution in [0.4, 0.5) is 0 Å². The number of carbonyl (C=O) groups is 4. The lowest BCUT2D eigenvalue weighted by Crippen LogP contribution is -2.60. The zero-order chi connectivity index (χ0) is 23.4. The Kier molecular flexibility index (Phi) is 13.3. The largest absolute Gasteiger partial charge is 0.480 e. The summed E-state index contributed by atoms with van der Waals surface area (Å²) < 4.78 is 0. The number of nitrogens with one attached hydrogen (secondary N) is 3. The number of aliphatic hydroxyl groups excluding tert-OH is 2. The van der Waals surface area contributed by atoms with Gasteiger partial charge in [0, 0.05) is 0 Å². The van der Waals surface area contributed by atoms with Gasteiger partial charge < -0.3 is 37.0 Å². The van der Waals surface area contributed by atoms with Crippen LogP contribution in [0.25, 0.3) is 0 Å². The molecule has 0 spiro atoms. The Morgan fingerprint density at radius 1 is 1.00 bits per heavy atom. The number of carbonyl (C=O) groups excluding carboxylic acids is 3. The minimum atomic E-state index is -1.59. The van der Waals surface area contributed by atoms with Crippen LogP contribution < -0.4 is 21.7 Å². The smallest absolute Gasteiger partial charge is 0.328 e. The van der Waals surface area contributed by atoms with E-state index < -0.39 is 60.6 Å². The summed E-state index contributed by atoms with van der Waals surface area (Å²) in [5.74, 6) is -3.23. The van der Waals surface area contributed by atoms with Crippen molar-refractivity contribution in [1.29, 1.82) is 0 Å². The maximum atomic E-state index is 12.7. The summed E-state index contributed by atoms with van der Waals surface area (Å²) in [5, 5.41) is 34.8. The van der Waals surface area contributed by atoms with Gasteiger partial charge in [-0.15, -0.1) is 0 Å². The van der Waals surface area contributed by atoms with Crippen molar-refractivity contribution in [2.24, 2.45) is 11.7 Å². The molecule has 0 fully saturated rings. The fourth-order valence-electron chi connectivity index (χ4n) is 2.39. The standard InChI is InChI=1S/C18H34N4O7S/c1-5-9(2)13(19)16(26)20-11(6-7-30-4)15(25)22-14(10(3)24)17(27)21-12(8-23)18(28)29/h9-14,23-24H,5-8,19H2,1-4H3,(H,20,26)(H,21,27)(H,22,25)(H,28,29). The molecule has 3 amide bonds. The highest BCUT2D eigenvalue weighted by atomic mass is 32.2. The Morgan fingerprint density at radius 3 is 2.00 bits per heavy atom. The molecule has 12 heteroatoms. The molecule has 0 aliphatic carbocycles. The molecule has 0 bridgehead atoms. The number of hydrogen-bond acceptors (Lipinski definition) is 8. The number of rotatable bonds is 14. The number of aliphatic hydroxyl groups is 2. The summed E-state index contributed by atoms with van der Waals surface area (Å²) in [6, 6.07) is -4.88. The van der Waals surface area contributed by atoms with Gasteiger partial charge in [0.05, 0.1) is 18.8 Å². The van der Waals surface area contributed by atoms with E-state index in [0.29, 0.717) is 12.2 Å². The van der Waals surface area contributed by atoms with Gasteiger partial charge in [-0.1, -0.05) is 20.3 Å². The predicted octanol–water partition coefficient (Wildman–Crippen LogP) is -1.97. The average Bonchev–Trinajstić information content (AvgIpc) is 2.70. The quantitative estimate of drug-likeness (QED) is 0.157. The van der Waals surface area contributed by atoms with Gasteiger partial charge in [-0.3, -0.25) is 14.4 Å². The minimum absolute atomic E-state index is 0.100. The van der Waals surface area contributed by atoms with Gasteiger partial charge in [0.1, 0.15) is 18.1 Å². The van der Waals surface area contributed by atoms with E-state index in [4.69, 9.17) is 15.9 Å². The van der Waals surface area contributed by atoms with Crippen LogP contribution in [0.1, 0.15) is 33.6 Å². The molecule has 30 heavy (non-hydrogen) atoms. The molecule has 0 aromatic heterocycles. The van der Waals surface area contributed by atoms with Crippen molar-refractivity contribution >= 4 is 35.5 Å². The van der Waals surface area contributed by atoms with Crippen molar-refractivity contribution in [3.8, 4) is 0 Å². The third-order valence-corrected chi connectivity index (χ3v) is 5.31. The van der Waals surface area contributed by atoms with Gasteiger partial charge in [-0.2, -0.15) is 11.8 Å². The predicted molar refractivity (Wildman–Crippen MR) is 113 cm³/mol. The molecule has 6 unspecified atom stereocenters. The summed E-state index contributed by atoms with van der Waals surface area (Å²) in [4.78, 5) is 48.4. The maximum absolute atomic E-state index is 12.7. The van der Waals surface area contributed by atoms with E-state index in [1.165, 1.54) is 18.7 Å². The van der Waals surface area contributed by atoms with Crippen molar-refractivity contribution in [2.75, 3.05) is 18.6 Å². The van der Waals surface area contributed by atoms with E-state index in [1.54, 1.807) is 0 Å². The molecule has 11 nitrogen and oxygen atoms in total. The number of thioether (sulfide) groups is 1. The maximum Gasteiger partial charge on any atom is 0.328 e. The molecule has 0 saturated heterocycles. The molecule has 8 N–H and O–H groups in total. The van der Waals surface area contributed by atoms with Crippen LogP contribution in [0, 0.1) is 5.92 Å². The van der Waals surface area contributed by atoms with Crippen LogP contribution in [0.15, 0.2) is 0 Å². The number of carboxylic acids is 1. The third-order valence-electron chi connectivity index (χ3n) is 4.66. The van der Waals surface area contributed by atoms with Crippen molar-refractivity contribution in [2.45, 2.75) is 63.9 Å². The number of carboxylic acid groups (broad SMARTS) is 1. The monoisotopic (exact) mass is 450 g/mol. The van der Waals surface area contributed by atoms with E-state index in [2.05, 4.69) is 10.6 Å². The van der Waals surface area contributed by atoms with Crippen LogP contribution in [0.2, 0.25) is 0 Å². The fraction of sp³-hybridized carbons (Fsp3) is 0.778. The first-order valence-electron chi connectivity index (χ1n) is 9.67. The summed E-state index contributed by atoms with van der Waals surface area (Å²) in [5.41, 5.74) is 5.91. The lowest BCUT2D eigenvalue weighted by atomic mass is 9.99. The SMILES string of the molecule is CCC(C)C(N)C(=O)NC(CCSC)C(=O)NC(C(=O)NC(CO)C(=O)O)C(C)O. The molecule has 6 atom stereocenters. The first-order chi connectivity index (χ1) is 14.0. The number of hydrogen-bond donors (Lipinski definition) is 7. The molecular weight excluding hydrogens is 416 g/mol. The highest BCUT2D eigenvalue weighted by Gasteiger charge is 2.32. The van der Waals surface area contributed by atoms with E-state index in [9.17, 15) is 24.3 Å². The van der Waals surface area contributed by atoms with Crippen LogP contribution in [0.5, 0.6) is 0 Å². The van der Waals surface area contributed by atoms with E-state index in [0.717, 1.165) is 0 Å². The molecule has 0 saturated carbocycles. The summed E-state index contributed by atoms with van der Waals surface area (Å²) >= 11 is 1.46. The molecule has 0 aromatic carbocycles. The van der Waals surface area contributed by atoms with Crippen molar-refractivity contribution in [3.63, 3.8) is 0 Å². The normalized spacial score (nSPS) is 17.0. The van der Waals surface area contributed by atoms with E-state index >= 15 is 0 Å². The van der Waals surface area contributed by atoms with Gasteiger partial charge in [-0.05, 0) is 31.3 Å². The molecule has 0 aliphatic heterocycles. The first-order valence-corrected chi connectivity index (χ1v) is 11.1. The minimum Gasteiger partial charge on any atom is -0.480 e. The molecule has 0 aliphatic rings. The second-order valence-electron chi connectivity index (χ2n) is 7.06. The van der Waals surface area contributed by atoms with Crippen molar-refractivity contribution < 1.29 is 34.5 Å². The van der Waals surface area contributed by atoms with E-state index in [-0.39, 0.29) is 12.3 Å². The molecular formula is C18H34N4O7S. The number of nitrogens with two attached hydrogens (primary N) is 1. The number of amides is 3. The summed E-state index contributed by atoms with van der Waals surface area (Å²) in [7, 11) is 0. The van der Waals surface area contributed by atoms with Crippen LogP contribution in [-0.2, 0) is 19.2 Å². The van der Waals surface area contributed by atoms with Crippen LogP contribution in [0.3, 0.4) is 0 Å². The zero-order valence-electron chi connectivity index (χ0n) is 17.8. The lowest BCUT2D eigenvalue weighted by Gasteiger charge is -2.27. The topological polar surface area (TPSA) is 191 Å². The summed E-state index contributed by atoms with van der Waals surface area (Å²) in [6.07, 6.45) is 1.40. The first kappa shape index (κ1) is 28.1. The fourth-order valence-corrected chi connectivity index (χ4v) is 2.86. The van der Waals surface area contributed by atoms with Crippen LogP contribution in [-0.4, -0.2) is 87.9 Å². The zero-order valence-corrected chi connectivity index (χ0v) is 18.6. The molecule has 174 valence electrons. The average molecular weight is 451 g/mol. The second-order valence-corrected chi connectivity index (χ2v) is 8.05.